The van der Waals surface area contributed by atoms with Gasteiger partial charge in [-0.25, -0.2) is 0 Å². The molecule has 0 unspecified atom stereocenters. The fourth-order valence-corrected chi connectivity index (χ4v) is 8.13. The molecule has 2 saturated heterocycles. The van der Waals surface area contributed by atoms with Gasteiger partial charge in [0.25, 0.3) is 12.4 Å². The number of H-pyrrole nitrogens is 1. The predicted molar refractivity (Wildman–Crippen MR) is 179 cm³/mol. The molecule has 0 bridgehead atoms. The first-order chi connectivity index (χ1) is 21.9. The van der Waals surface area contributed by atoms with Crippen LogP contribution in [0, 0.1) is 6.92 Å². The lowest BCUT2D eigenvalue weighted by molar-refractivity contribution is -0.133. The van der Waals surface area contributed by atoms with E-state index in [-0.39, 0.29) is 22.1 Å². The van der Waals surface area contributed by atoms with Gasteiger partial charge < -0.3 is 34.7 Å². The van der Waals surface area contributed by atoms with Gasteiger partial charge in [0.1, 0.15) is 17.4 Å². The zero-order chi connectivity index (χ0) is 31.6. The normalized spacial score (nSPS) is 17.6. The van der Waals surface area contributed by atoms with E-state index < -0.39 is 6.10 Å². The number of aromatic hydroxyl groups is 1. The molecule has 1 spiro atoms. The molecule has 0 saturated carbocycles. The standard InChI is InChI=1S/C33H46N4O6S2/c1-24-19-25(21-44-24)31(40)37-17-18-43-33(22-37)11-15-36(16-12-33)14-8-6-4-2-3-5-7-13-34-20-28(42-23-38)26-9-10-27(39)29-30(26)45-32(41)35-29/h9-10,19,21,23,28,34,39H,2-8,11-18,20,22H2,1H3,(H,35,41)/t28-/m0/s1. The summed E-state index contributed by atoms with van der Waals surface area (Å²) in [6.45, 7) is 8.95. The van der Waals surface area contributed by atoms with Crippen molar-refractivity contribution in [1.29, 1.82) is 0 Å². The van der Waals surface area contributed by atoms with Gasteiger partial charge in [-0.15, -0.1) is 11.3 Å². The summed E-state index contributed by atoms with van der Waals surface area (Å²) in [6, 6.07) is 5.21. The summed E-state index contributed by atoms with van der Waals surface area (Å²) in [7, 11) is 0. The SMILES string of the molecule is Cc1cc(C(=O)N2CCOC3(CCN(CCCCCCCCCNC[C@H](OC=O)c4ccc(O)c5[nH]c(=O)sc45)CC3)C2)cs1. The molecule has 1 aromatic carbocycles. The van der Waals surface area contributed by atoms with Crippen molar-refractivity contribution in [3.05, 3.63) is 49.3 Å². The summed E-state index contributed by atoms with van der Waals surface area (Å²) < 4.78 is 12.2. The highest BCUT2D eigenvalue weighted by molar-refractivity contribution is 7.16. The zero-order valence-electron chi connectivity index (χ0n) is 26.2. The van der Waals surface area contributed by atoms with Gasteiger partial charge in [-0.2, -0.15) is 0 Å². The number of hydrogen-bond acceptors (Lipinski definition) is 10. The van der Waals surface area contributed by atoms with E-state index >= 15 is 0 Å². The molecule has 2 aliphatic heterocycles. The first-order valence-electron chi connectivity index (χ1n) is 16.2. The Bertz CT molecular complexity index is 1460. The number of unbranched alkanes of at least 4 members (excludes halogenated alkanes) is 6. The van der Waals surface area contributed by atoms with Gasteiger partial charge >= 0.3 is 4.87 Å². The Balaban J connectivity index is 0.904. The maximum atomic E-state index is 13.0. The Morgan fingerprint density at radius 2 is 1.91 bits per heavy atom. The van der Waals surface area contributed by atoms with Gasteiger partial charge in [0.15, 0.2) is 0 Å². The Morgan fingerprint density at radius 1 is 1.16 bits per heavy atom. The van der Waals surface area contributed by atoms with Gasteiger partial charge in [0.05, 0.1) is 29.0 Å². The molecule has 3 aromatic rings. The van der Waals surface area contributed by atoms with Crippen LogP contribution in [0.4, 0.5) is 0 Å². The van der Waals surface area contributed by atoms with Crippen LogP contribution in [0.3, 0.4) is 0 Å². The molecule has 5 rings (SSSR count). The highest BCUT2D eigenvalue weighted by Gasteiger charge is 2.41. The maximum Gasteiger partial charge on any atom is 0.305 e. The first kappa shape index (κ1) is 33.6. The lowest BCUT2D eigenvalue weighted by atomic mass is 9.89. The van der Waals surface area contributed by atoms with Gasteiger partial charge in [-0.05, 0) is 57.8 Å². The second kappa shape index (κ2) is 16.2. The number of fused-ring (bicyclic) bond motifs is 1. The molecular weight excluding hydrogens is 613 g/mol. The fourth-order valence-electron chi connectivity index (χ4n) is 6.54. The second-order valence-corrected chi connectivity index (χ2v) is 14.4. The lowest BCUT2D eigenvalue weighted by Crippen LogP contribution is -2.58. The molecule has 45 heavy (non-hydrogen) atoms. The number of nitrogens with one attached hydrogen (secondary N) is 2. The minimum absolute atomic E-state index is 0.00561. The third-order valence-corrected chi connectivity index (χ3v) is 10.9. The molecule has 2 aromatic heterocycles. The molecule has 1 amide bonds. The average Bonchev–Trinajstić information content (AvgIpc) is 3.66. The topological polar surface area (TPSA) is 124 Å². The molecule has 0 aliphatic carbocycles. The Kier molecular flexibility index (Phi) is 12.1. The van der Waals surface area contributed by atoms with E-state index in [1.165, 1.54) is 43.0 Å². The lowest BCUT2D eigenvalue weighted by Gasteiger charge is -2.47. The number of thiophene rings is 1. The molecule has 12 heteroatoms. The van der Waals surface area contributed by atoms with Crippen LogP contribution in [0.2, 0.25) is 0 Å². The number of rotatable bonds is 16. The predicted octanol–water partition coefficient (Wildman–Crippen LogP) is 5.21. The number of morpholine rings is 1. The highest BCUT2D eigenvalue weighted by Crippen LogP contribution is 2.33. The first-order valence-corrected chi connectivity index (χ1v) is 17.9. The highest BCUT2D eigenvalue weighted by atomic mass is 32.1. The largest absolute Gasteiger partial charge is 0.506 e. The summed E-state index contributed by atoms with van der Waals surface area (Å²) in [6.07, 6.45) is 9.79. The Hall–Kier alpha value is -2.77. The van der Waals surface area contributed by atoms with Crippen LogP contribution >= 0.6 is 22.7 Å². The Labute approximate surface area is 272 Å². The van der Waals surface area contributed by atoms with Crippen LogP contribution in [0.1, 0.15) is 84.7 Å². The number of benzene rings is 1. The van der Waals surface area contributed by atoms with E-state index in [1.807, 2.05) is 23.3 Å². The molecule has 0 radical (unpaired) electrons. The van der Waals surface area contributed by atoms with Gasteiger partial charge in [0.2, 0.25) is 0 Å². The molecule has 2 fully saturated rings. The summed E-state index contributed by atoms with van der Waals surface area (Å²) in [4.78, 5) is 44.0. The molecule has 4 heterocycles. The summed E-state index contributed by atoms with van der Waals surface area (Å²) in [5.74, 6) is 0.148. The fraction of sp³-hybridized carbons (Fsp3) is 0.606. The van der Waals surface area contributed by atoms with E-state index in [9.17, 15) is 19.5 Å². The number of aryl methyl sites for hydroxylation is 1. The third kappa shape index (κ3) is 8.94. The number of nitrogens with zero attached hydrogens (tertiary/aromatic N) is 2. The number of piperidine rings is 1. The van der Waals surface area contributed by atoms with Crippen molar-refractivity contribution in [3.8, 4) is 5.75 Å². The monoisotopic (exact) mass is 658 g/mol. The number of hydrogen-bond donors (Lipinski definition) is 3. The van der Waals surface area contributed by atoms with Crippen molar-refractivity contribution in [2.75, 3.05) is 52.4 Å². The van der Waals surface area contributed by atoms with E-state index in [2.05, 4.69) is 15.2 Å². The number of carbonyl (C=O) groups is 2. The average molecular weight is 659 g/mol. The number of phenols is 1. The number of amides is 1. The van der Waals surface area contributed by atoms with Gasteiger partial charge in [-0.1, -0.05) is 49.5 Å². The third-order valence-electron chi connectivity index (χ3n) is 9.09. The van der Waals surface area contributed by atoms with Gasteiger partial charge in [0, 0.05) is 42.0 Å². The van der Waals surface area contributed by atoms with Crippen LogP contribution in [-0.4, -0.2) is 90.3 Å². The van der Waals surface area contributed by atoms with Crippen LogP contribution in [0.5, 0.6) is 5.75 Å². The smallest absolute Gasteiger partial charge is 0.305 e. The van der Waals surface area contributed by atoms with Crippen molar-refractivity contribution in [2.45, 2.75) is 76.4 Å². The van der Waals surface area contributed by atoms with Crippen molar-refractivity contribution >= 4 is 45.3 Å². The number of likely N-dealkylation sites (tertiary alicyclic amines) is 1. The number of phenolic OH excluding ortho intramolecular Hbond substituents is 1. The molecule has 10 nitrogen and oxygen atoms in total. The quantitative estimate of drug-likeness (QED) is 0.142. The number of aromatic nitrogens is 1. The van der Waals surface area contributed by atoms with E-state index in [0.717, 1.165) is 68.8 Å². The van der Waals surface area contributed by atoms with Crippen molar-refractivity contribution < 1.29 is 24.2 Å². The summed E-state index contributed by atoms with van der Waals surface area (Å²) >= 11 is 2.63. The second-order valence-electron chi connectivity index (χ2n) is 12.3. The summed E-state index contributed by atoms with van der Waals surface area (Å²) in [5.41, 5.74) is 1.71. The minimum Gasteiger partial charge on any atom is -0.506 e. The molecule has 2 aliphatic rings. The van der Waals surface area contributed by atoms with Crippen LogP contribution in [0.15, 0.2) is 28.4 Å². The van der Waals surface area contributed by atoms with Crippen molar-refractivity contribution in [1.82, 2.24) is 20.1 Å². The van der Waals surface area contributed by atoms with E-state index in [4.69, 9.17) is 9.47 Å². The van der Waals surface area contributed by atoms with E-state index in [1.54, 1.807) is 17.4 Å². The van der Waals surface area contributed by atoms with E-state index in [0.29, 0.717) is 48.5 Å². The molecule has 1 atom stereocenters. The van der Waals surface area contributed by atoms with Crippen molar-refractivity contribution in [3.63, 3.8) is 0 Å². The number of thiazole rings is 1. The maximum absolute atomic E-state index is 13.0. The van der Waals surface area contributed by atoms with Crippen LogP contribution in [0.25, 0.3) is 10.2 Å². The number of aromatic amines is 1. The van der Waals surface area contributed by atoms with Crippen molar-refractivity contribution in [2.24, 2.45) is 0 Å². The Morgan fingerprint density at radius 3 is 2.64 bits per heavy atom. The molecule has 3 N–H and O–H groups in total. The number of ether oxygens (including phenoxy) is 2. The number of carbonyl (C=O) groups excluding carboxylic acids is 2. The minimum atomic E-state index is -0.530. The molecular formula is C33H46N4O6S2. The van der Waals surface area contributed by atoms with Gasteiger partial charge in [-0.3, -0.25) is 14.4 Å². The van der Waals surface area contributed by atoms with Crippen LogP contribution in [-0.2, 0) is 14.3 Å². The molecule has 246 valence electrons. The summed E-state index contributed by atoms with van der Waals surface area (Å²) in [5, 5.41) is 15.4. The zero-order valence-corrected chi connectivity index (χ0v) is 27.8. The van der Waals surface area contributed by atoms with Crippen LogP contribution < -0.4 is 10.2 Å².